The predicted molar refractivity (Wildman–Crippen MR) is 77.0 cm³/mol. The quantitative estimate of drug-likeness (QED) is 0.917. The molecule has 102 valence electrons. The smallest absolute Gasteiger partial charge is 0.130 e. The average molecular weight is 325 g/mol. The van der Waals surface area contributed by atoms with Crippen LogP contribution in [0.3, 0.4) is 0 Å². The Morgan fingerprint density at radius 2 is 2.21 bits per heavy atom. The molecular formula is C14H17BrN2O2. The molecule has 0 radical (unpaired) electrons. The maximum Gasteiger partial charge on any atom is 0.130 e. The largest absolute Gasteiger partial charge is 0.487 e. The van der Waals surface area contributed by atoms with E-state index in [0.717, 1.165) is 21.5 Å². The van der Waals surface area contributed by atoms with Crippen LogP contribution in [0.2, 0.25) is 0 Å². The van der Waals surface area contributed by atoms with Crippen molar-refractivity contribution in [2.75, 3.05) is 0 Å². The Morgan fingerprint density at radius 3 is 2.89 bits per heavy atom. The van der Waals surface area contributed by atoms with Gasteiger partial charge in [0.15, 0.2) is 0 Å². The molecule has 4 nitrogen and oxygen atoms in total. The van der Waals surface area contributed by atoms with Crippen LogP contribution < -0.4 is 4.74 Å². The number of aromatic nitrogens is 2. The molecule has 0 aliphatic rings. The number of aliphatic hydroxyl groups is 1. The summed E-state index contributed by atoms with van der Waals surface area (Å²) in [5.41, 5.74) is 1.85. The Kier molecular flexibility index (Phi) is 4.61. The van der Waals surface area contributed by atoms with Gasteiger partial charge in [-0.25, -0.2) is 4.98 Å². The van der Waals surface area contributed by atoms with Gasteiger partial charge in [-0.1, -0.05) is 15.9 Å². The zero-order valence-electron chi connectivity index (χ0n) is 11.0. The lowest BCUT2D eigenvalue weighted by Crippen LogP contribution is -2.07. The number of aliphatic hydroxyl groups excluding tert-OH is 1. The first-order valence-corrected chi connectivity index (χ1v) is 6.94. The summed E-state index contributed by atoms with van der Waals surface area (Å²) in [5.74, 6) is 0.740. The van der Waals surface area contributed by atoms with Crippen LogP contribution in [0.25, 0.3) is 0 Å². The lowest BCUT2D eigenvalue weighted by atomic mass is 10.2. The first-order valence-electron chi connectivity index (χ1n) is 6.14. The summed E-state index contributed by atoms with van der Waals surface area (Å²) in [6, 6.07) is 5.94. The zero-order chi connectivity index (χ0) is 13.8. The van der Waals surface area contributed by atoms with E-state index in [4.69, 9.17) is 4.74 Å². The van der Waals surface area contributed by atoms with Crippen LogP contribution in [0.15, 0.2) is 35.2 Å². The molecule has 1 N–H and O–H groups in total. The zero-order valence-corrected chi connectivity index (χ0v) is 12.6. The second kappa shape index (κ2) is 6.21. The summed E-state index contributed by atoms with van der Waals surface area (Å²) >= 11 is 3.38. The molecular weight excluding hydrogens is 308 g/mol. The molecule has 5 heteroatoms. The number of halogens is 1. The molecule has 2 aromatic rings. The van der Waals surface area contributed by atoms with Crippen molar-refractivity contribution in [1.29, 1.82) is 0 Å². The second-order valence-corrected chi connectivity index (χ2v) is 5.44. The van der Waals surface area contributed by atoms with Gasteiger partial charge in [-0.3, -0.25) is 0 Å². The Morgan fingerprint density at radius 1 is 1.42 bits per heavy atom. The normalized spacial score (nSPS) is 11.0. The van der Waals surface area contributed by atoms with Gasteiger partial charge < -0.3 is 14.4 Å². The van der Waals surface area contributed by atoms with Crippen molar-refractivity contribution in [1.82, 2.24) is 9.55 Å². The van der Waals surface area contributed by atoms with Crippen molar-refractivity contribution < 1.29 is 9.84 Å². The third kappa shape index (κ3) is 3.36. The van der Waals surface area contributed by atoms with E-state index in [9.17, 15) is 5.11 Å². The van der Waals surface area contributed by atoms with Crippen molar-refractivity contribution in [3.05, 3.63) is 46.5 Å². The van der Waals surface area contributed by atoms with Gasteiger partial charge >= 0.3 is 0 Å². The standard InChI is InChI=1S/C14H17BrN2O2/c1-10(2)17-9-16-6-12(17)8-19-13-3-4-14(15)11(5-13)7-18/h3-6,9-10,18H,7-8H2,1-2H3. The third-order valence-electron chi connectivity index (χ3n) is 2.88. The summed E-state index contributed by atoms with van der Waals surface area (Å²) in [5, 5.41) is 9.21. The van der Waals surface area contributed by atoms with Gasteiger partial charge in [-0.15, -0.1) is 0 Å². The van der Waals surface area contributed by atoms with Crippen molar-refractivity contribution in [3.63, 3.8) is 0 Å². The van der Waals surface area contributed by atoms with Crippen molar-refractivity contribution in [3.8, 4) is 5.75 Å². The first kappa shape index (κ1) is 14.1. The van der Waals surface area contributed by atoms with Gasteiger partial charge in [-0.2, -0.15) is 0 Å². The number of benzene rings is 1. The second-order valence-electron chi connectivity index (χ2n) is 4.59. The van der Waals surface area contributed by atoms with E-state index in [1.165, 1.54) is 0 Å². The average Bonchev–Trinajstić information content (AvgIpc) is 2.86. The van der Waals surface area contributed by atoms with Crippen molar-refractivity contribution >= 4 is 15.9 Å². The highest BCUT2D eigenvalue weighted by Gasteiger charge is 2.07. The third-order valence-corrected chi connectivity index (χ3v) is 3.65. The number of rotatable bonds is 5. The summed E-state index contributed by atoms with van der Waals surface area (Å²) in [7, 11) is 0. The van der Waals surface area contributed by atoms with Gasteiger partial charge in [0.05, 0.1) is 24.8 Å². The lowest BCUT2D eigenvalue weighted by molar-refractivity contribution is 0.275. The highest BCUT2D eigenvalue weighted by Crippen LogP contribution is 2.23. The highest BCUT2D eigenvalue weighted by molar-refractivity contribution is 9.10. The molecule has 0 fully saturated rings. The van der Waals surface area contributed by atoms with E-state index >= 15 is 0 Å². The summed E-state index contributed by atoms with van der Waals surface area (Å²) in [4.78, 5) is 4.14. The number of hydrogen-bond acceptors (Lipinski definition) is 3. The highest BCUT2D eigenvalue weighted by atomic mass is 79.9. The molecule has 0 amide bonds. The Bertz CT molecular complexity index is 552. The Balaban J connectivity index is 2.08. The fourth-order valence-corrected chi connectivity index (χ4v) is 2.20. The van der Waals surface area contributed by atoms with Gasteiger partial charge in [0, 0.05) is 10.5 Å². The van der Waals surface area contributed by atoms with E-state index in [1.807, 2.05) is 30.7 Å². The first-order chi connectivity index (χ1) is 9.11. The molecule has 2 rings (SSSR count). The van der Waals surface area contributed by atoms with Crippen LogP contribution in [0.4, 0.5) is 0 Å². The van der Waals surface area contributed by atoms with Crippen LogP contribution in [0.5, 0.6) is 5.75 Å². The van der Waals surface area contributed by atoms with Crippen LogP contribution >= 0.6 is 15.9 Å². The fourth-order valence-electron chi connectivity index (χ4n) is 1.83. The summed E-state index contributed by atoms with van der Waals surface area (Å²) in [6.07, 6.45) is 3.62. The maximum absolute atomic E-state index is 9.21. The minimum absolute atomic E-state index is 0.0122. The van der Waals surface area contributed by atoms with E-state index in [2.05, 4.69) is 39.3 Å². The van der Waals surface area contributed by atoms with E-state index in [1.54, 1.807) is 0 Å². The van der Waals surface area contributed by atoms with Crippen molar-refractivity contribution in [2.45, 2.75) is 33.1 Å². The van der Waals surface area contributed by atoms with Crippen molar-refractivity contribution in [2.24, 2.45) is 0 Å². The van der Waals surface area contributed by atoms with Gasteiger partial charge in [0.25, 0.3) is 0 Å². The molecule has 1 aromatic heterocycles. The van der Waals surface area contributed by atoms with Crippen LogP contribution in [0.1, 0.15) is 31.1 Å². The molecule has 19 heavy (non-hydrogen) atoms. The van der Waals surface area contributed by atoms with Crippen LogP contribution in [-0.4, -0.2) is 14.7 Å². The maximum atomic E-state index is 9.21. The molecule has 0 spiro atoms. The minimum atomic E-state index is -0.0122. The molecule has 1 heterocycles. The number of imidazole rings is 1. The Hall–Kier alpha value is -1.33. The summed E-state index contributed by atoms with van der Waals surface area (Å²) in [6.45, 7) is 4.66. The molecule has 1 aromatic carbocycles. The van der Waals surface area contributed by atoms with E-state index < -0.39 is 0 Å². The molecule has 0 bridgehead atoms. The van der Waals surface area contributed by atoms with Crippen LogP contribution in [0, 0.1) is 0 Å². The molecule has 0 saturated heterocycles. The molecule has 0 saturated carbocycles. The Labute approximate surface area is 121 Å². The van der Waals surface area contributed by atoms with E-state index in [0.29, 0.717) is 12.6 Å². The molecule has 0 atom stereocenters. The number of ether oxygens (including phenoxy) is 1. The van der Waals surface area contributed by atoms with E-state index in [-0.39, 0.29) is 6.61 Å². The SMILES string of the molecule is CC(C)n1cncc1COc1ccc(Br)c(CO)c1. The van der Waals surface area contributed by atoms with Gasteiger partial charge in [0.2, 0.25) is 0 Å². The topological polar surface area (TPSA) is 47.3 Å². The number of nitrogens with zero attached hydrogens (tertiary/aromatic N) is 2. The van der Waals surface area contributed by atoms with Gasteiger partial charge in [0.1, 0.15) is 12.4 Å². The molecule has 0 aliphatic carbocycles. The van der Waals surface area contributed by atoms with Gasteiger partial charge in [-0.05, 0) is 37.6 Å². The minimum Gasteiger partial charge on any atom is -0.487 e. The predicted octanol–water partition coefficient (Wildman–Crippen LogP) is 3.30. The molecule has 0 aliphatic heterocycles. The molecule has 0 unspecified atom stereocenters. The lowest BCUT2D eigenvalue weighted by Gasteiger charge is -2.13. The number of hydrogen-bond donors (Lipinski definition) is 1. The fraction of sp³-hybridized carbons (Fsp3) is 0.357. The van der Waals surface area contributed by atoms with Crippen LogP contribution in [-0.2, 0) is 13.2 Å². The summed E-state index contributed by atoms with van der Waals surface area (Å²) < 4.78 is 8.70. The monoisotopic (exact) mass is 324 g/mol.